The molecule has 0 radical (unpaired) electrons. The van der Waals surface area contributed by atoms with Crippen LogP contribution in [-0.4, -0.2) is 35.1 Å². The lowest BCUT2D eigenvalue weighted by atomic mass is 10.1. The summed E-state index contributed by atoms with van der Waals surface area (Å²) in [4.78, 5) is 24.8. The molecule has 0 aliphatic rings. The Morgan fingerprint density at radius 2 is 2.00 bits per heavy atom. The number of urea groups is 1. The van der Waals surface area contributed by atoms with Gasteiger partial charge in [-0.1, -0.05) is 13.3 Å². The van der Waals surface area contributed by atoms with Gasteiger partial charge in [-0.25, -0.2) is 9.59 Å². The summed E-state index contributed by atoms with van der Waals surface area (Å²) in [5, 5.41) is 11.8. The molecule has 1 rings (SSSR count). The van der Waals surface area contributed by atoms with Crippen molar-refractivity contribution in [1.29, 1.82) is 0 Å². The van der Waals surface area contributed by atoms with Crippen molar-refractivity contribution in [3.8, 4) is 0 Å². The number of amides is 2. The molecule has 0 unspecified atom stereocenters. The summed E-state index contributed by atoms with van der Waals surface area (Å²) >= 11 is 0. The Balaban J connectivity index is 2.74. The molecule has 5 nitrogen and oxygen atoms in total. The van der Waals surface area contributed by atoms with Crippen LogP contribution in [0.3, 0.4) is 0 Å². The average Bonchev–Trinajstić information content (AvgIpc) is 2.39. The number of carboxylic acid groups (broad SMARTS) is 1. The summed E-state index contributed by atoms with van der Waals surface area (Å²) in [6.07, 6.45) is 2.01. The molecule has 20 heavy (non-hydrogen) atoms. The summed E-state index contributed by atoms with van der Waals surface area (Å²) in [7, 11) is 0. The minimum Gasteiger partial charge on any atom is -0.478 e. The highest BCUT2D eigenvalue weighted by atomic mass is 16.4. The van der Waals surface area contributed by atoms with Crippen LogP contribution in [0.2, 0.25) is 0 Å². The monoisotopic (exact) mass is 278 g/mol. The first-order valence-corrected chi connectivity index (χ1v) is 6.89. The van der Waals surface area contributed by atoms with Crippen LogP contribution in [-0.2, 0) is 0 Å². The number of carbonyl (C=O) groups is 2. The fourth-order valence-corrected chi connectivity index (χ4v) is 1.94. The molecule has 0 atom stereocenters. The SMILES string of the molecule is CCCCN(CC)C(=O)Nc1ccc(C(=O)O)c(C)c1. The summed E-state index contributed by atoms with van der Waals surface area (Å²) in [5.74, 6) is -0.960. The number of carbonyl (C=O) groups excluding carboxylic acids is 1. The van der Waals surface area contributed by atoms with Gasteiger partial charge in [-0.15, -0.1) is 0 Å². The lowest BCUT2D eigenvalue weighted by Gasteiger charge is -2.21. The maximum atomic E-state index is 12.1. The van der Waals surface area contributed by atoms with Crippen molar-refractivity contribution < 1.29 is 14.7 Å². The number of aryl methyl sites for hydroxylation is 1. The van der Waals surface area contributed by atoms with E-state index in [0.29, 0.717) is 17.8 Å². The lowest BCUT2D eigenvalue weighted by Crippen LogP contribution is -2.35. The second-order valence-corrected chi connectivity index (χ2v) is 4.70. The molecule has 0 aliphatic heterocycles. The molecule has 0 heterocycles. The number of hydrogen-bond donors (Lipinski definition) is 2. The molecular weight excluding hydrogens is 256 g/mol. The number of unbranched alkanes of at least 4 members (excludes halogenated alkanes) is 1. The molecule has 0 saturated heterocycles. The van der Waals surface area contributed by atoms with Gasteiger partial charge in [0, 0.05) is 18.8 Å². The smallest absolute Gasteiger partial charge is 0.335 e. The molecule has 2 N–H and O–H groups in total. The molecule has 0 saturated carbocycles. The number of nitrogens with zero attached hydrogens (tertiary/aromatic N) is 1. The van der Waals surface area contributed by atoms with E-state index in [4.69, 9.17) is 5.11 Å². The van der Waals surface area contributed by atoms with E-state index in [0.717, 1.165) is 19.4 Å². The van der Waals surface area contributed by atoms with Crippen LogP contribution in [0.15, 0.2) is 18.2 Å². The van der Waals surface area contributed by atoms with Crippen LogP contribution in [0.4, 0.5) is 10.5 Å². The van der Waals surface area contributed by atoms with Crippen molar-refractivity contribution in [2.24, 2.45) is 0 Å². The van der Waals surface area contributed by atoms with Crippen molar-refractivity contribution in [2.45, 2.75) is 33.6 Å². The van der Waals surface area contributed by atoms with E-state index in [2.05, 4.69) is 12.2 Å². The highest BCUT2D eigenvalue weighted by molar-refractivity contribution is 5.92. The first kappa shape index (κ1) is 16.0. The zero-order valence-electron chi connectivity index (χ0n) is 12.3. The molecular formula is C15H22N2O3. The first-order valence-electron chi connectivity index (χ1n) is 6.89. The van der Waals surface area contributed by atoms with E-state index in [1.54, 1.807) is 24.0 Å². The molecule has 0 aromatic heterocycles. The standard InChI is InChI=1S/C15H22N2O3/c1-4-6-9-17(5-2)15(20)16-12-7-8-13(14(18)19)11(3)10-12/h7-8,10H,4-6,9H2,1-3H3,(H,16,20)(H,18,19). The van der Waals surface area contributed by atoms with Gasteiger partial charge in [0.1, 0.15) is 0 Å². The van der Waals surface area contributed by atoms with Gasteiger partial charge in [-0.05, 0) is 44.0 Å². The largest absolute Gasteiger partial charge is 0.478 e. The summed E-state index contributed by atoms with van der Waals surface area (Å²) in [5.41, 5.74) is 1.50. The van der Waals surface area contributed by atoms with E-state index < -0.39 is 5.97 Å². The molecule has 1 aromatic carbocycles. The third-order valence-electron chi connectivity index (χ3n) is 3.16. The zero-order valence-corrected chi connectivity index (χ0v) is 12.3. The second-order valence-electron chi connectivity index (χ2n) is 4.70. The highest BCUT2D eigenvalue weighted by Crippen LogP contribution is 2.15. The van der Waals surface area contributed by atoms with Gasteiger partial charge in [0.25, 0.3) is 0 Å². The van der Waals surface area contributed by atoms with Crippen LogP contribution in [0.1, 0.15) is 42.6 Å². The number of nitrogens with one attached hydrogen (secondary N) is 1. The number of carboxylic acids is 1. The minimum absolute atomic E-state index is 0.150. The van der Waals surface area contributed by atoms with Crippen LogP contribution >= 0.6 is 0 Å². The van der Waals surface area contributed by atoms with Gasteiger partial charge in [0.05, 0.1) is 5.56 Å². The van der Waals surface area contributed by atoms with Gasteiger partial charge in [-0.3, -0.25) is 0 Å². The predicted molar refractivity (Wildman–Crippen MR) is 79.3 cm³/mol. The van der Waals surface area contributed by atoms with Gasteiger partial charge in [-0.2, -0.15) is 0 Å². The second kappa shape index (κ2) is 7.53. The molecule has 5 heteroatoms. The van der Waals surface area contributed by atoms with Gasteiger partial charge >= 0.3 is 12.0 Å². The molecule has 110 valence electrons. The van der Waals surface area contributed by atoms with Gasteiger partial charge < -0.3 is 15.3 Å². The van der Waals surface area contributed by atoms with Crippen LogP contribution in [0.25, 0.3) is 0 Å². The Kier molecular flexibility index (Phi) is 6.03. The Hall–Kier alpha value is -2.04. The molecule has 0 spiro atoms. The van der Waals surface area contributed by atoms with Crippen LogP contribution in [0.5, 0.6) is 0 Å². The Labute approximate surface area is 119 Å². The van der Waals surface area contributed by atoms with Crippen molar-refractivity contribution in [1.82, 2.24) is 4.90 Å². The number of hydrogen-bond acceptors (Lipinski definition) is 2. The molecule has 2 amide bonds. The fourth-order valence-electron chi connectivity index (χ4n) is 1.94. The van der Waals surface area contributed by atoms with E-state index in [9.17, 15) is 9.59 Å². The average molecular weight is 278 g/mol. The lowest BCUT2D eigenvalue weighted by molar-refractivity contribution is 0.0696. The Morgan fingerprint density at radius 1 is 1.30 bits per heavy atom. The quantitative estimate of drug-likeness (QED) is 0.838. The van der Waals surface area contributed by atoms with Crippen molar-refractivity contribution >= 4 is 17.7 Å². The minimum atomic E-state index is -0.960. The number of aromatic carboxylic acids is 1. The number of benzene rings is 1. The topological polar surface area (TPSA) is 69.6 Å². The maximum Gasteiger partial charge on any atom is 0.335 e. The summed E-state index contributed by atoms with van der Waals surface area (Å²) < 4.78 is 0. The van der Waals surface area contributed by atoms with E-state index >= 15 is 0 Å². The molecule has 0 aliphatic carbocycles. The van der Waals surface area contributed by atoms with Gasteiger partial charge in [0.2, 0.25) is 0 Å². The maximum absolute atomic E-state index is 12.1. The number of anilines is 1. The Bertz CT molecular complexity index is 486. The normalized spacial score (nSPS) is 10.2. The number of rotatable bonds is 6. The van der Waals surface area contributed by atoms with Crippen molar-refractivity contribution in [2.75, 3.05) is 18.4 Å². The van der Waals surface area contributed by atoms with Crippen LogP contribution < -0.4 is 5.32 Å². The van der Waals surface area contributed by atoms with E-state index in [1.165, 1.54) is 6.07 Å². The summed E-state index contributed by atoms with van der Waals surface area (Å²) in [6.45, 7) is 7.12. The van der Waals surface area contributed by atoms with Crippen LogP contribution in [0, 0.1) is 6.92 Å². The van der Waals surface area contributed by atoms with E-state index in [-0.39, 0.29) is 11.6 Å². The van der Waals surface area contributed by atoms with Gasteiger partial charge in [0.15, 0.2) is 0 Å². The predicted octanol–water partition coefficient (Wildman–Crippen LogP) is 3.35. The van der Waals surface area contributed by atoms with Crippen molar-refractivity contribution in [3.05, 3.63) is 29.3 Å². The third kappa shape index (κ3) is 4.26. The van der Waals surface area contributed by atoms with Crippen molar-refractivity contribution in [3.63, 3.8) is 0 Å². The summed E-state index contributed by atoms with van der Waals surface area (Å²) in [6, 6.07) is 4.65. The third-order valence-corrected chi connectivity index (χ3v) is 3.16. The molecule has 1 aromatic rings. The highest BCUT2D eigenvalue weighted by Gasteiger charge is 2.12. The molecule has 0 bridgehead atoms. The first-order chi connectivity index (χ1) is 9.49. The molecule has 0 fully saturated rings. The fraction of sp³-hybridized carbons (Fsp3) is 0.467. The van der Waals surface area contributed by atoms with E-state index in [1.807, 2.05) is 6.92 Å². The Morgan fingerprint density at radius 3 is 2.50 bits per heavy atom. The zero-order chi connectivity index (χ0) is 15.1.